The molecule has 0 bridgehead atoms. The lowest BCUT2D eigenvalue weighted by Crippen LogP contribution is -2.14. The first-order valence-electron chi connectivity index (χ1n) is 13.3. The van der Waals surface area contributed by atoms with Crippen LogP contribution in [0.25, 0.3) is 22.3 Å². The molecular weight excluding hydrogens is 541 g/mol. The Morgan fingerprint density at radius 2 is 1.79 bits per heavy atom. The van der Waals surface area contributed by atoms with Gasteiger partial charge in [-0.3, -0.25) is 0 Å². The summed E-state index contributed by atoms with van der Waals surface area (Å²) in [4.78, 5) is 12.9. The van der Waals surface area contributed by atoms with Crippen molar-refractivity contribution in [3.05, 3.63) is 107 Å². The maximum absolute atomic E-state index is 15.4. The molecule has 5 aromatic rings. The van der Waals surface area contributed by atoms with Crippen molar-refractivity contribution in [3.8, 4) is 29.4 Å². The van der Waals surface area contributed by atoms with Crippen LogP contribution in [-0.4, -0.2) is 19.5 Å². The van der Waals surface area contributed by atoms with Crippen molar-refractivity contribution >= 4 is 11.0 Å². The van der Waals surface area contributed by atoms with Crippen LogP contribution >= 0.6 is 0 Å². The lowest BCUT2D eigenvalue weighted by atomic mass is 10.0. The smallest absolute Gasteiger partial charge is 0.317 e. The van der Waals surface area contributed by atoms with E-state index in [0.29, 0.717) is 29.9 Å². The molecule has 3 aromatic carbocycles. The van der Waals surface area contributed by atoms with E-state index in [1.54, 1.807) is 24.3 Å². The van der Waals surface area contributed by atoms with Crippen LogP contribution in [0.5, 0.6) is 6.01 Å². The molecule has 6 rings (SSSR count). The molecule has 2 aromatic heterocycles. The molecule has 2 heterocycles. The summed E-state index contributed by atoms with van der Waals surface area (Å²) in [5.41, 5.74) is 2.34. The van der Waals surface area contributed by atoms with Crippen LogP contribution in [0, 0.1) is 45.5 Å². The van der Waals surface area contributed by atoms with Crippen LogP contribution in [0.15, 0.2) is 66.9 Å². The highest BCUT2D eigenvalue weighted by Gasteiger charge is 2.43. The summed E-state index contributed by atoms with van der Waals surface area (Å²) in [6, 6.07) is 19.2. The van der Waals surface area contributed by atoms with Gasteiger partial charge in [-0.2, -0.15) is 15.5 Å². The second-order valence-electron chi connectivity index (χ2n) is 10.5. The third kappa shape index (κ3) is 5.39. The van der Waals surface area contributed by atoms with Gasteiger partial charge in [-0.15, -0.1) is 0 Å². The predicted octanol–water partition coefficient (Wildman–Crippen LogP) is 6.65. The van der Waals surface area contributed by atoms with Crippen LogP contribution in [-0.2, 0) is 19.6 Å². The molecular formula is C32H23F3N6O. The van der Waals surface area contributed by atoms with Gasteiger partial charge in [-0.25, -0.2) is 23.1 Å². The fourth-order valence-electron chi connectivity index (χ4n) is 5.04. The Kier molecular flexibility index (Phi) is 7.05. The number of ether oxygens (including phenoxy) is 1. The van der Waals surface area contributed by atoms with E-state index in [-0.39, 0.29) is 52.4 Å². The number of hydrogen-bond donors (Lipinski definition) is 0. The van der Waals surface area contributed by atoms with Crippen molar-refractivity contribution in [2.75, 3.05) is 0 Å². The number of halogens is 3. The molecule has 208 valence electrons. The summed E-state index contributed by atoms with van der Waals surface area (Å²) in [5, 5.41) is 18.2. The largest absolute Gasteiger partial charge is 0.458 e. The molecule has 0 radical (unpaired) electrons. The molecule has 0 spiro atoms. The van der Waals surface area contributed by atoms with Gasteiger partial charge in [0, 0.05) is 42.1 Å². The summed E-state index contributed by atoms with van der Waals surface area (Å²) in [6.07, 6.45) is 3.95. The summed E-state index contributed by atoms with van der Waals surface area (Å²) in [7, 11) is 0. The van der Waals surface area contributed by atoms with E-state index in [1.165, 1.54) is 30.5 Å². The Bertz CT molecular complexity index is 1900. The van der Waals surface area contributed by atoms with Crippen molar-refractivity contribution in [1.82, 2.24) is 19.5 Å². The standard InChI is InChI=1S/C32H23F3N6O/c33-24-2-1-3-28-30(24)40-29(41(28)19-32(9-10-32)11-12-36)16-20-5-7-23(26(35)14-20)27-8-13-38-31(39-27)42-18-22-6-4-21(17-37)15-25(22)34/h1-8,13-15H,9-11,16,18-19H2. The van der Waals surface area contributed by atoms with Gasteiger partial charge < -0.3 is 9.30 Å². The first-order valence-corrected chi connectivity index (χ1v) is 13.3. The van der Waals surface area contributed by atoms with Gasteiger partial charge in [-0.1, -0.05) is 18.2 Å². The highest BCUT2D eigenvalue weighted by Crippen LogP contribution is 2.50. The molecule has 10 heteroatoms. The van der Waals surface area contributed by atoms with Gasteiger partial charge in [0.05, 0.1) is 28.9 Å². The zero-order valence-corrected chi connectivity index (χ0v) is 22.3. The molecule has 1 aliphatic rings. The molecule has 0 saturated heterocycles. The molecule has 1 saturated carbocycles. The minimum Gasteiger partial charge on any atom is -0.458 e. The van der Waals surface area contributed by atoms with E-state index in [9.17, 15) is 14.0 Å². The Balaban J connectivity index is 1.23. The minimum absolute atomic E-state index is 0.0538. The molecule has 1 fully saturated rings. The van der Waals surface area contributed by atoms with Crippen molar-refractivity contribution in [2.24, 2.45) is 5.41 Å². The molecule has 0 aliphatic heterocycles. The van der Waals surface area contributed by atoms with Crippen molar-refractivity contribution in [1.29, 1.82) is 10.5 Å². The van der Waals surface area contributed by atoms with E-state index in [4.69, 9.17) is 10.00 Å². The highest BCUT2D eigenvalue weighted by molar-refractivity contribution is 5.77. The van der Waals surface area contributed by atoms with Crippen molar-refractivity contribution < 1.29 is 17.9 Å². The fourth-order valence-corrected chi connectivity index (χ4v) is 5.04. The number of nitrogens with zero attached hydrogens (tertiary/aromatic N) is 6. The van der Waals surface area contributed by atoms with E-state index in [0.717, 1.165) is 18.9 Å². The van der Waals surface area contributed by atoms with Gasteiger partial charge in [0.2, 0.25) is 0 Å². The maximum atomic E-state index is 15.4. The van der Waals surface area contributed by atoms with Crippen LogP contribution in [0.3, 0.4) is 0 Å². The molecule has 0 amide bonds. The lowest BCUT2D eigenvalue weighted by Gasteiger charge is -2.16. The molecule has 1 aliphatic carbocycles. The van der Waals surface area contributed by atoms with Crippen LogP contribution in [0.4, 0.5) is 13.2 Å². The second-order valence-corrected chi connectivity index (χ2v) is 10.5. The van der Waals surface area contributed by atoms with E-state index < -0.39 is 17.5 Å². The molecule has 7 nitrogen and oxygen atoms in total. The lowest BCUT2D eigenvalue weighted by molar-refractivity contribution is 0.275. The number of hydrogen-bond acceptors (Lipinski definition) is 6. The second kappa shape index (κ2) is 11.0. The predicted molar refractivity (Wildman–Crippen MR) is 147 cm³/mol. The van der Waals surface area contributed by atoms with Gasteiger partial charge in [0.25, 0.3) is 0 Å². The number of rotatable bonds is 9. The topological polar surface area (TPSA) is 100 Å². The SMILES string of the molecule is N#CCC1(Cn2c(Cc3ccc(-c4ccnc(OCc5ccc(C#N)cc5F)n4)c(F)c3)nc3c(F)cccc32)CC1. The highest BCUT2D eigenvalue weighted by atomic mass is 19.1. The van der Waals surface area contributed by atoms with E-state index in [2.05, 4.69) is 21.0 Å². The first-order chi connectivity index (χ1) is 20.4. The van der Waals surface area contributed by atoms with Crippen LogP contribution in [0.2, 0.25) is 0 Å². The Morgan fingerprint density at radius 1 is 0.929 bits per heavy atom. The summed E-state index contributed by atoms with van der Waals surface area (Å²) in [6.45, 7) is 0.381. The number of nitriles is 2. The van der Waals surface area contributed by atoms with E-state index in [1.807, 2.05) is 16.7 Å². The monoisotopic (exact) mass is 564 g/mol. The third-order valence-corrected chi connectivity index (χ3v) is 7.56. The summed E-state index contributed by atoms with van der Waals surface area (Å²) in [5.74, 6) is -0.935. The number of benzene rings is 3. The van der Waals surface area contributed by atoms with Gasteiger partial charge >= 0.3 is 6.01 Å². The number of para-hydroxylation sites is 1. The van der Waals surface area contributed by atoms with Gasteiger partial charge in [0.15, 0.2) is 5.82 Å². The number of aromatic nitrogens is 4. The van der Waals surface area contributed by atoms with Crippen molar-refractivity contribution in [2.45, 2.75) is 38.8 Å². The Labute approximate surface area is 239 Å². The molecule has 0 atom stereocenters. The average molecular weight is 565 g/mol. The van der Waals surface area contributed by atoms with Gasteiger partial charge in [-0.05, 0) is 60.9 Å². The minimum atomic E-state index is -0.583. The number of fused-ring (bicyclic) bond motifs is 1. The first kappa shape index (κ1) is 27.0. The van der Waals surface area contributed by atoms with Crippen LogP contribution < -0.4 is 4.74 Å². The molecule has 42 heavy (non-hydrogen) atoms. The average Bonchev–Trinajstić information content (AvgIpc) is 3.66. The van der Waals surface area contributed by atoms with Crippen molar-refractivity contribution in [3.63, 3.8) is 0 Å². The Morgan fingerprint density at radius 3 is 2.52 bits per heavy atom. The van der Waals surface area contributed by atoms with E-state index >= 15 is 4.39 Å². The zero-order chi connectivity index (χ0) is 29.3. The fraction of sp³-hybridized carbons (Fsp3) is 0.219. The normalized spacial score (nSPS) is 13.5. The number of imidazole rings is 1. The van der Waals surface area contributed by atoms with Gasteiger partial charge in [0.1, 0.15) is 29.6 Å². The quantitative estimate of drug-likeness (QED) is 0.199. The maximum Gasteiger partial charge on any atom is 0.317 e. The zero-order valence-electron chi connectivity index (χ0n) is 22.3. The molecule has 0 unspecified atom stereocenters. The van der Waals surface area contributed by atoms with Crippen LogP contribution in [0.1, 0.15) is 41.8 Å². The molecule has 0 N–H and O–H groups in total. The Hall–Kier alpha value is -5.22. The summed E-state index contributed by atoms with van der Waals surface area (Å²) >= 11 is 0. The third-order valence-electron chi connectivity index (χ3n) is 7.56. The summed E-state index contributed by atoms with van der Waals surface area (Å²) < 4.78 is 51.7.